The molecule has 0 amide bonds. The molecule has 0 radical (unpaired) electrons. The standard InChI is InChI=1S/C19H19N3/c1-13(2)15-4-6-16(7-5-15)19-17(8-10-20)22-11-9-14(3)12-18(22)21-19/h4-7,9,11-13H,8H2,1-3H3. The first kappa shape index (κ1) is 14.3. The van der Waals surface area contributed by atoms with E-state index in [4.69, 9.17) is 10.2 Å². The topological polar surface area (TPSA) is 41.1 Å². The molecule has 0 spiro atoms. The number of aromatic nitrogens is 2. The van der Waals surface area contributed by atoms with Crippen molar-refractivity contribution in [2.24, 2.45) is 0 Å². The van der Waals surface area contributed by atoms with Crippen LogP contribution >= 0.6 is 0 Å². The molecule has 2 heterocycles. The van der Waals surface area contributed by atoms with Crippen molar-refractivity contribution in [1.82, 2.24) is 9.38 Å². The van der Waals surface area contributed by atoms with Gasteiger partial charge < -0.3 is 4.40 Å². The van der Waals surface area contributed by atoms with Crippen molar-refractivity contribution in [3.63, 3.8) is 0 Å². The molecule has 2 aromatic heterocycles. The van der Waals surface area contributed by atoms with Crippen LogP contribution in [0.3, 0.4) is 0 Å². The summed E-state index contributed by atoms with van der Waals surface area (Å²) in [6.45, 7) is 6.42. The molecule has 22 heavy (non-hydrogen) atoms. The van der Waals surface area contributed by atoms with Gasteiger partial charge in [0.15, 0.2) is 0 Å². The van der Waals surface area contributed by atoms with Gasteiger partial charge in [0.05, 0.1) is 23.9 Å². The van der Waals surface area contributed by atoms with Crippen LogP contribution in [0.25, 0.3) is 16.9 Å². The summed E-state index contributed by atoms with van der Waals surface area (Å²) in [5.41, 5.74) is 6.30. The van der Waals surface area contributed by atoms with Gasteiger partial charge in [0.25, 0.3) is 0 Å². The van der Waals surface area contributed by atoms with Crippen LogP contribution in [0.1, 0.15) is 36.6 Å². The zero-order valence-electron chi connectivity index (χ0n) is 13.2. The van der Waals surface area contributed by atoms with E-state index < -0.39 is 0 Å². The van der Waals surface area contributed by atoms with Crippen molar-refractivity contribution in [2.45, 2.75) is 33.1 Å². The van der Waals surface area contributed by atoms with E-state index in [0.29, 0.717) is 12.3 Å². The van der Waals surface area contributed by atoms with Crippen LogP contribution in [-0.2, 0) is 6.42 Å². The lowest BCUT2D eigenvalue weighted by Gasteiger charge is -2.06. The summed E-state index contributed by atoms with van der Waals surface area (Å²) in [6, 6.07) is 14.8. The van der Waals surface area contributed by atoms with E-state index in [1.807, 2.05) is 22.7 Å². The van der Waals surface area contributed by atoms with Crippen LogP contribution in [0.2, 0.25) is 0 Å². The Labute approximate surface area is 130 Å². The molecule has 3 rings (SSSR count). The van der Waals surface area contributed by atoms with Crippen LogP contribution in [0.5, 0.6) is 0 Å². The molecule has 0 saturated heterocycles. The smallest absolute Gasteiger partial charge is 0.137 e. The predicted octanol–water partition coefficient (Wildman–Crippen LogP) is 4.50. The van der Waals surface area contributed by atoms with E-state index in [1.54, 1.807) is 0 Å². The van der Waals surface area contributed by atoms with E-state index in [1.165, 1.54) is 11.1 Å². The minimum absolute atomic E-state index is 0.353. The molecular weight excluding hydrogens is 270 g/mol. The van der Waals surface area contributed by atoms with Crippen molar-refractivity contribution in [3.05, 3.63) is 59.4 Å². The Balaban J connectivity index is 2.16. The molecule has 0 bridgehead atoms. The summed E-state index contributed by atoms with van der Waals surface area (Å²) in [5, 5.41) is 9.15. The number of aryl methyl sites for hydroxylation is 1. The highest BCUT2D eigenvalue weighted by molar-refractivity contribution is 5.67. The molecule has 0 aliphatic heterocycles. The maximum atomic E-state index is 9.15. The van der Waals surface area contributed by atoms with Crippen LogP contribution in [-0.4, -0.2) is 9.38 Å². The van der Waals surface area contributed by atoms with E-state index in [2.05, 4.69) is 51.1 Å². The van der Waals surface area contributed by atoms with Gasteiger partial charge in [-0.05, 0) is 36.1 Å². The number of pyridine rings is 1. The summed E-state index contributed by atoms with van der Waals surface area (Å²) in [6.07, 6.45) is 2.35. The van der Waals surface area contributed by atoms with Gasteiger partial charge in [-0.15, -0.1) is 0 Å². The van der Waals surface area contributed by atoms with Gasteiger partial charge >= 0.3 is 0 Å². The first-order valence-corrected chi connectivity index (χ1v) is 7.55. The van der Waals surface area contributed by atoms with Crippen molar-refractivity contribution in [2.75, 3.05) is 0 Å². The summed E-state index contributed by atoms with van der Waals surface area (Å²) in [7, 11) is 0. The summed E-state index contributed by atoms with van der Waals surface area (Å²) < 4.78 is 2.02. The van der Waals surface area contributed by atoms with E-state index in [0.717, 1.165) is 22.6 Å². The lowest BCUT2D eigenvalue weighted by molar-refractivity contribution is 0.867. The molecule has 3 nitrogen and oxygen atoms in total. The maximum Gasteiger partial charge on any atom is 0.137 e. The first-order valence-electron chi connectivity index (χ1n) is 7.55. The molecule has 0 unspecified atom stereocenters. The minimum Gasteiger partial charge on any atom is -0.302 e. The van der Waals surface area contributed by atoms with Gasteiger partial charge in [0, 0.05) is 11.8 Å². The second kappa shape index (κ2) is 5.65. The number of hydrogen-bond donors (Lipinski definition) is 0. The average Bonchev–Trinajstić information content (AvgIpc) is 2.85. The normalized spacial score (nSPS) is 11.0. The van der Waals surface area contributed by atoms with Crippen molar-refractivity contribution >= 4 is 5.65 Å². The van der Waals surface area contributed by atoms with E-state index in [9.17, 15) is 0 Å². The zero-order valence-corrected chi connectivity index (χ0v) is 13.2. The largest absolute Gasteiger partial charge is 0.302 e. The SMILES string of the molecule is Cc1ccn2c(CC#N)c(-c3ccc(C(C)C)cc3)nc2c1. The van der Waals surface area contributed by atoms with Gasteiger partial charge in [-0.2, -0.15) is 5.26 Å². The molecule has 110 valence electrons. The van der Waals surface area contributed by atoms with Crippen LogP contribution in [0.4, 0.5) is 0 Å². The van der Waals surface area contributed by atoms with Gasteiger partial charge in [-0.1, -0.05) is 38.1 Å². The minimum atomic E-state index is 0.353. The number of benzene rings is 1. The molecule has 0 aliphatic rings. The number of imidazole rings is 1. The lowest BCUT2D eigenvalue weighted by atomic mass is 10.00. The number of nitrogens with zero attached hydrogens (tertiary/aromatic N) is 3. The maximum absolute atomic E-state index is 9.15. The highest BCUT2D eigenvalue weighted by Gasteiger charge is 2.14. The van der Waals surface area contributed by atoms with Gasteiger partial charge in [0.2, 0.25) is 0 Å². The van der Waals surface area contributed by atoms with Crippen molar-refractivity contribution < 1.29 is 0 Å². The highest BCUT2D eigenvalue weighted by atomic mass is 15.0. The number of nitriles is 1. The summed E-state index contributed by atoms with van der Waals surface area (Å²) >= 11 is 0. The predicted molar refractivity (Wildman–Crippen MR) is 88.8 cm³/mol. The van der Waals surface area contributed by atoms with Crippen LogP contribution in [0.15, 0.2) is 42.6 Å². The fraction of sp³-hybridized carbons (Fsp3) is 0.263. The first-order chi connectivity index (χ1) is 10.6. The monoisotopic (exact) mass is 289 g/mol. The number of hydrogen-bond acceptors (Lipinski definition) is 2. The Morgan fingerprint density at radius 1 is 1.18 bits per heavy atom. The molecule has 0 aliphatic carbocycles. The molecule has 0 saturated carbocycles. The Kier molecular flexibility index (Phi) is 3.68. The fourth-order valence-electron chi connectivity index (χ4n) is 2.70. The number of fused-ring (bicyclic) bond motifs is 1. The number of rotatable bonds is 3. The van der Waals surface area contributed by atoms with Gasteiger partial charge in [0.1, 0.15) is 5.65 Å². The van der Waals surface area contributed by atoms with Gasteiger partial charge in [-0.25, -0.2) is 4.98 Å². The average molecular weight is 289 g/mol. The summed E-state index contributed by atoms with van der Waals surface area (Å²) in [5.74, 6) is 0.511. The van der Waals surface area contributed by atoms with Crippen molar-refractivity contribution in [3.8, 4) is 17.3 Å². The second-order valence-electron chi connectivity index (χ2n) is 5.95. The molecule has 0 atom stereocenters. The molecular formula is C19H19N3. The Bertz CT molecular complexity index is 849. The Morgan fingerprint density at radius 2 is 1.91 bits per heavy atom. The molecule has 0 N–H and O–H groups in total. The molecule has 0 fully saturated rings. The quantitative estimate of drug-likeness (QED) is 0.712. The second-order valence-corrected chi connectivity index (χ2v) is 5.95. The Morgan fingerprint density at radius 3 is 2.55 bits per heavy atom. The summed E-state index contributed by atoms with van der Waals surface area (Å²) in [4.78, 5) is 4.75. The van der Waals surface area contributed by atoms with Crippen LogP contribution in [0, 0.1) is 18.3 Å². The highest BCUT2D eigenvalue weighted by Crippen LogP contribution is 2.27. The van der Waals surface area contributed by atoms with Gasteiger partial charge in [-0.3, -0.25) is 0 Å². The third-order valence-corrected chi connectivity index (χ3v) is 3.98. The van der Waals surface area contributed by atoms with Crippen LogP contribution < -0.4 is 0 Å². The van der Waals surface area contributed by atoms with E-state index in [-0.39, 0.29) is 0 Å². The molecule has 3 heteroatoms. The van der Waals surface area contributed by atoms with E-state index >= 15 is 0 Å². The molecule has 1 aromatic carbocycles. The third-order valence-electron chi connectivity index (χ3n) is 3.98. The third kappa shape index (κ3) is 2.48. The Hall–Kier alpha value is -2.60. The lowest BCUT2D eigenvalue weighted by Crippen LogP contribution is -1.94. The molecule has 3 aromatic rings. The van der Waals surface area contributed by atoms with Crippen molar-refractivity contribution in [1.29, 1.82) is 5.26 Å². The fourth-order valence-corrected chi connectivity index (χ4v) is 2.70. The zero-order chi connectivity index (χ0) is 15.7.